The average molecular weight is 328 g/mol. The van der Waals surface area contributed by atoms with E-state index in [0.717, 1.165) is 6.42 Å². The molecule has 128 valence electrons. The van der Waals surface area contributed by atoms with Gasteiger partial charge in [0.05, 0.1) is 0 Å². The molecular formula is C25H28. The molecule has 0 saturated carbocycles. The van der Waals surface area contributed by atoms with Crippen molar-refractivity contribution in [2.24, 2.45) is 11.8 Å². The van der Waals surface area contributed by atoms with Crippen molar-refractivity contribution in [1.29, 1.82) is 0 Å². The Morgan fingerprint density at radius 2 is 1.04 bits per heavy atom. The standard InChI is InChI=1S/C25H28/c1-16(2)24-14-18(20-9-5-7-11-22(20)24)13-19-15-25(17(3)4)23-12-8-6-10-21(19)23/h5-12,14-17,24-25H,13H2,1-4H3. The zero-order valence-electron chi connectivity index (χ0n) is 15.8. The summed E-state index contributed by atoms with van der Waals surface area (Å²) < 4.78 is 0. The summed E-state index contributed by atoms with van der Waals surface area (Å²) in [5, 5.41) is 0. The van der Waals surface area contributed by atoms with Crippen LogP contribution in [0.1, 0.15) is 68.2 Å². The summed E-state index contributed by atoms with van der Waals surface area (Å²) in [4.78, 5) is 0. The Hall–Kier alpha value is -2.08. The van der Waals surface area contributed by atoms with E-state index in [1.807, 2.05) is 0 Å². The molecule has 0 heteroatoms. The lowest BCUT2D eigenvalue weighted by molar-refractivity contribution is 0.584. The molecule has 2 aliphatic rings. The van der Waals surface area contributed by atoms with Crippen LogP contribution in [0.25, 0.3) is 11.1 Å². The zero-order chi connectivity index (χ0) is 17.6. The van der Waals surface area contributed by atoms with Gasteiger partial charge in [0.25, 0.3) is 0 Å². The second-order valence-corrected chi connectivity index (χ2v) is 8.27. The first-order valence-electron chi connectivity index (χ1n) is 9.66. The van der Waals surface area contributed by atoms with Crippen molar-refractivity contribution in [2.75, 3.05) is 0 Å². The van der Waals surface area contributed by atoms with Crippen molar-refractivity contribution in [3.05, 3.63) is 82.9 Å². The molecule has 0 saturated heterocycles. The predicted octanol–water partition coefficient (Wildman–Crippen LogP) is 7.05. The van der Waals surface area contributed by atoms with E-state index < -0.39 is 0 Å². The van der Waals surface area contributed by atoms with E-state index in [1.54, 1.807) is 0 Å². The second kappa shape index (κ2) is 6.33. The maximum Gasteiger partial charge on any atom is 0.00531 e. The van der Waals surface area contributed by atoms with E-state index in [4.69, 9.17) is 0 Å². The van der Waals surface area contributed by atoms with Crippen molar-refractivity contribution in [1.82, 2.24) is 0 Å². The van der Waals surface area contributed by atoms with Crippen molar-refractivity contribution in [3.8, 4) is 0 Å². The molecule has 0 bridgehead atoms. The van der Waals surface area contributed by atoms with Crippen LogP contribution in [-0.4, -0.2) is 0 Å². The van der Waals surface area contributed by atoms with Crippen LogP contribution in [0.4, 0.5) is 0 Å². The van der Waals surface area contributed by atoms with Crippen molar-refractivity contribution in [3.63, 3.8) is 0 Å². The molecule has 2 unspecified atom stereocenters. The molecule has 0 aliphatic heterocycles. The van der Waals surface area contributed by atoms with Gasteiger partial charge in [0.15, 0.2) is 0 Å². The van der Waals surface area contributed by atoms with Gasteiger partial charge in [-0.15, -0.1) is 0 Å². The van der Waals surface area contributed by atoms with E-state index in [2.05, 4.69) is 88.4 Å². The lowest BCUT2D eigenvalue weighted by atomic mass is 9.90. The number of fused-ring (bicyclic) bond motifs is 2. The fourth-order valence-corrected chi connectivity index (χ4v) is 4.57. The highest BCUT2D eigenvalue weighted by atomic mass is 14.3. The number of hydrogen-bond donors (Lipinski definition) is 0. The Bertz CT molecular complexity index is 776. The molecule has 0 heterocycles. The Labute approximate surface area is 152 Å². The molecule has 4 rings (SSSR count). The fourth-order valence-electron chi connectivity index (χ4n) is 4.57. The van der Waals surface area contributed by atoms with Crippen LogP contribution in [0, 0.1) is 11.8 Å². The van der Waals surface area contributed by atoms with Gasteiger partial charge in [-0.3, -0.25) is 0 Å². The van der Waals surface area contributed by atoms with Crippen molar-refractivity contribution < 1.29 is 0 Å². The minimum absolute atomic E-state index is 0.560. The van der Waals surface area contributed by atoms with E-state index in [9.17, 15) is 0 Å². The van der Waals surface area contributed by atoms with Gasteiger partial charge in [0.1, 0.15) is 0 Å². The van der Waals surface area contributed by atoms with Gasteiger partial charge in [-0.25, -0.2) is 0 Å². The largest absolute Gasteiger partial charge is 0.0726 e. The van der Waals surface area contributed by atoms with Crippen LogP contribution in [0.15, 0.2) is 60.7 Å². The van der Waals surface area contributed by atoms with Crippen molar-refractivity contribution >= 4 is 11.1 Å². The van der Waals surface area contributed by atoms with Crippen LogP contribution in [-0.2, 0) is 0 Å². The SMILES string of the molecule is CC(C)C1C=C(CC2=CC(C(C)C)c3ccccc32)c2ccccc21. The molecule has 2 atom stereocenters. The summed E-state index contributed by atoms with van der Waals surface area (Å²) in [5.74, 6) is 2.41. The van der Waals surface area contributed by atoms with Gasteiger partial charge >= 0.3 is 0 Å². The second-order valence-electron chi connectivity index (χ2n) is 8.27. The molecule has 2 aliphatic carbocycles. The first-order valence-corrected chi connectivity index (χ1v) is 9.66. The van der Waals surface area contributed by atoms with E-state index in [-0.39, 0.29) is 0 Å². The quantitative estimate of drug-likeness (QED) is 0.564. The molecule has 0 fully saturated rings. The highest BCUT2D eigenvalue weighted by molar-refractivity contribution is 5.87. The van der Waals surface area contributed by atoms with E-state index in [1.165, 1.54) is 33.4 Å². The predicted molar refractivity (Wildman–Crippen MR) is 109 cm³/mol. The summed E-state index contributed by atoms with van der Waals surface area (Å²) in [7, 11) is 0. The average Bonchev–Trinajstić information content (AvgIpc) is 3.15. The van der Waals surface area contributed by atoms with Crippen LogP contribution in [0.2, 0.25) is 0 Å². The monoisotopic (exact) mass is 328 g/mol. The van der Waals surface area contributed by atoms with Crippen molar-refractivity contribution in [2.45, 2.75) is 46.0 Å². The molecular weight excluding hydrogens is 300 g/mol. The Morgan fingerprint density at radius 1 is 0.640 bits per heavy atom. The van der Waals surface area contributed by atoms with Crippen LogP contribution >= 0.6 is 0 Å². The Kier molecular flexibility index (Phi) is 4.15. The lowest BCUT2D eigenvalue weighted by Crippen LogP contribution is -2.00. The number of hydrogen-bond acceptors (Lipinski definition) is 0. The third-order valence-corrected chi connectivity index (χ3v) is 5.91. The third kappa shape index (κ3) is 2.78. The first-order chi connectivity index (χ1) is 12.1. The lowest BCUT2D eigenvalue weighted by Gasteiger charge is -2.14. The maximum atomic E-state index is 2.53. The number of rotatable bonds is 4. The highest BCUT2D eigenvalue weighted by Crippen LogP contribution is 2.47. The van der Waals surface area contributed by atoms with Gasteiger partial charge in [0, 0.05) is 11.8 Å². The zero-order valence-corrected chi connectivity index (χ0v) is 15.8. The minimum Gasteiger partial charge on any atom is -0.0726 e. The number of allylic oxidation sites excluding steroid dienone is 4. The molecule has 2 aromatic rings. The topological polar surface area (TPSA) is 0 Å². The van der Waals surface area contributed by atoms with Gasteiger partial charge in [-0.2, -0.15) is 0 Å². The number of benzene rings is 2. The summed E-state index contributed by atoms with van der Waals surface area (Å²) in [5.41, 5.74) is 8.99. The third-order valence-electron chi connectivity index (χ3n) is 5.91. The van der Waals surface area contributed by atoms with Gasteiger partial charge in [-0.05, 0) is 51.7 Å². The fraction of sp³-hybridized carbons (Fsp3) is 0.360. The molecule has 0 radical (unpaired) electrons. The summed E-state index contributed by atoms with van der Waals surface area (Å²) in [6.45, 7) is 9.33. The molecule has 0 aromatic heterocycles. The van der Waals surface area contributed by atoms with Crippen LogP contribution in [0.5, 0.6) is 0 Å². The molecule has 0 nitrogen and oxygen atoms in total. The molecule has 25 heavy (non-hydrogen) atoms. The van der Waals surface area contributed by atoms with Crippen LogP contribution < -0.4 is 0 Å². The summed E-state index contributed by atoms with van der Waals surface area (Å²) >= 11 is 0. The molecule has 0 N–H and O–H groups in total. The minimum atomic E-state index is 0.560. The molecule has 2 aromatic carbocycles. The van der Waals surface area contributed by atoms with Gasteiger partial charge in [0.2, 0.25) is 0 Å². The van der Waals surface area contributed by atoms with Crippen LogP contribution in [0.3, 0.4) is 0 Å². The van der Waals surface area contributed by atoms with E-state index >= 15 is 0 Å². The Balaban J connectivity index is 1.71. The highest BCUT2D eigenvalue weighted by Gasteiger charge is 2.29. The summed E-state index contributed by atoms with van der Waals surface area (Å²) in [6, 6.07) is 18.0. The van der Waals surface area contributed by atoms with Gasteiger partial charge < -0.3 is 0 Å². The van der Waals surface area contributed by atoms with E-state index in [0.29, 0.717) is 23.7 Å². The smallest absolute Gasteiger partial charge is 0.00531 e. The molecule has 0 amide bonds. The first kappa shape index (κ1) is 16.4. The summed E-state index contributed by atoms with van der Waals surface area (Å²) in [6.07, 6.45) is 6.11. The van der Waals surface area contributed by atoms with Gasteiger partial charge in [-0.1, -0.05) is 88.4 Å². The normalized spacial score (nSPS) is 21.4. The maximum absolute atomic E-state index is 2.53. The molecule has 0 spiro atoms. The Morgan fingerprint density at radius 3 is 1.44 bits per heavy atom.